The molecular formula is C8H8N2O3. The van der Waals surface area contributed by atoms with E-state index in [0.717, 1.165) is 5.56 Å². The molecule has 1 aromatic rings. The summed E-state index contributed by atoms with van der Waals surface area (Å²) < 4.78 is 4.01. The average molecular weight is 180 g/mol. The molecule has 5 heteroatoms. The number of aromatic nitrogens is 1. The number of nitrogens with one attached hydrogen (secondary N) is 1. The van der Waals surface area contributed by atoms with Crippen LogP contribution in [0, 0.1) is 6.92 Å². The lowest BCUT2D eigenvalue weighted by atomic mass is 10.3. The Hall–Kier alpha value is -1.91. The molecule has 0 radical (unpaired) electrons. The largest absolute Gasteiger partial charge is 0.420 e. The molecule has 0 unspecified atom stereocenters. The number of carbonyl (C=O) groups excluding carboxylic acids is 2. The van der Waals surface area contributed by atoms with Gasteiger partial charge in [-0.3, -0.25) is 10.1 Å². The minimum atomic E-state index is -0.841. The molecule has 0 atom stereocenters. The molecule has 0 saturated carbocycles. The summed E-state index contributed by atoms with van der Waals surface area (Å²) in [6.07, 6.45) is 0.752. The van der Waals surface area contributed by atoms with Crippen molar-refractivity contribution in [3.05, 3.63) is 23.9 Å². The highest BCUT2D eigenvalue weighted by Gasteiger charge is 2.01. The van der Waals surface area contributed by atoms with Gasteiger partial charge in [0, 0.05) is 6.20 Å². The molecule has 0 bridgehead atoms. The molecule has 0 saturated heterocycles. The maximum Gasteiger partial charge on any atom is 0.420 e. The van der Waals surface area contributed by atoms with Crippen molar-refractivity contribution in [3.8, 4) is 0 Å². The third-order valence-electron chi connectivity index (χ3n) is 1.30. The van der Waals surface area contributed by atoms with Crippen LogP contribution in [0.1, 0.15) is 5.56 Å². The van der Waals surface area contributed by atoms with Crippen LogP contribution in [0.2, 0.25) is 0 Å². The Morgan fingerprint density at radius 1 is 1.62 bits per heavy atom. The van der Waals surface area contributed by atoms with Crippen LogP contribution in [0.4, 0.5) is 10.6 Å². The summed E-state index contributed by atoms with van der Waals surface area (Å²) in [5.74, 6) is 0.345. The first-order chi connectivity index (χ1) is 6.22. The number of anilines is 1. The zero-order valence-corrected chi connectivity index (χ0v) is 6.98. The van der Waals surface area contributed by atoms with Gasteiger partial charge in [0.15, 0.2) is 0 Å². The molecule has 68 valence electrons. The second-order valence-electron chi connectivity index (χ2n) is 2.35. The number of hydrogen-bond acceptors (Lipinski definition) is 4. The predicted octanol–water partition coefficient (Wildman–Crippen LogP) is 1.09. The quantitative estimate of drug-likeness (QED) is 0.546. The van der Waals surface area contributed by atoms with Gasteiger partial charge in [0.25, 0.3) is 0 Å². The van der Waals surface area contributed by atoms with Crippen LogP contribution in [-0.2, 0) is 9.53 Å². The molecule has 0 fully saturated rings. The molecule has 0 aliphatic rings. The molecule has 1 N–H and O–H groups in total. The van der Waals surface area contributed by atoms with E-state index in [1.165, 1.54) is 0 Å². The highest BCUT2D eigenvalue weighted by Crippen LogP contribution is 2.03. The Labute approximate surface area is 74.7 Å². The van der Waals surface area contributed by atoms with Crippen molar-refractivity contribution < 1.29 is 14.3 Å². The van der Waals surface area contributed by atoms with Crippen molar-refractivity contribution in [2.75, 3.05) is 5.32 Å². The summed E-state index contributed by atoms with van der Waals surface area (Å²) in [5.41, 5.74) is 0.981. The van der Waals surface area contributed by atoms with Gasteiger partial charge in [-0.05, 0) is 18.6 Å². The summed E-state index contributed by atoms with van der Waals surface area (Å²) in [6, 6.07) is 3.39. The summed E-state index contributed by atoms with van der Waals surface area (Å²) in [6.45, 7) is 1.93. The maximum atomic E-state index is 10.7. The Morgan fingerprint density at radius 3 is 2.92 bits per heavy atom. The zero-order valence-electron chi connectivity index (χ0n) is 6.98. The number of carbonyl (C=O) groups is 2. The van der Waals surface area contributed by atoms with Crippen LogP contribution in [-0.4, -0.2) is 17.5 Å². The fourth-order valence-corrected chi connectivity index (χ4v) is 0.719. The molecule has 1 heterocycles. The van der Waals surface area contributed by atoms with E-state index < -0.39 is 6.09 Å². The van der Waals surface area contributed by atoms with E-state index in [4.69, 9.17) is 0 Å². The highest BCUT2D eigenvalue weighted by molar-refractivity contribution is 5.87. The van der Waals surface area contributed by atoms with Crippen LogP contribution in [0.25, 0.3) is 0 Å². The lowest BCUT2D eigenvalue weighted by molar-refractivity contribution is -0.122. The second kappa shape index (κ2) is 4.20. The minimum absolute atomic E-state index is 0.0591. The summed E-state index contributed by atoms with van der Waals surface area (Å²) in [7, 11) is 0. The Balaban J connectivity index is 2.59. The van der Waals surface area contributed by atoms with Gasteiger partial charge in [0.2, 0.25) is 0 Å². The van der Waals surface area contributed by atoms with Crippen molar-refractivity contribution in [1.82, 2.24) is 4.98 Å². The average Bonchev–Trinajstić information content (AvgIpc) is 2.09. The monoisotopic (exact) mass is 180 g/mol. The van der Waals surface area contributed by atoms with Gasteiger partial charge in [-0.25, -0.2) is 9.78 Å². The Morgan fingerprint density at radius 2 is 2.38 bits per heavy atom. The summed E-state index contributed by atoms with van der Waals surface area (Å²) in [4.78, 5) is 24.3. The van der Waals surface area contributed by atoms with E-state index in [-0.39, 0.29) is 6.47 Å². The number of rotatable bonds is 2. The molecule has 0 aliphatic heterocycles. The molecule has 0 aliphatic carbocycles. The molecular weight excluding hydrogens is 172 g/mol. The smallest absolute Gasteiger partial charge is 0.378 e. The van der Waals surface area contributed by atoms with E-state index in [0.29, 0.717) is 5.82 Å². The van der Waals surface area contributed by atoms with E-state index in [1.807, 2.05) is 6.92 Å². The van der Waals surface area contributed by atoms with E-state index in [1.54, 1.807) is 18.3 Å². The molecule has 13 heavy (non-hydrogen) atoms. The lowest BCUT2D eigenvalue weighted by Gasteiger charge is -2.00. The molecule has 0 spiro atoms. The lowest BCUT2D eigenvalue weighted by Crippen LogP contribution is -2.13. The SMILES string of the molecule is Cc1ccc(NC(=O)OC=O)nc1. The minimum Gasteiger partial charge on any atom is -0.378 e. The van der Waals surface area contributed by atoms with E-state index >= 15 is 0 Å². The third-order valence-corrected chi connectivity index (χ3v) is 1.30. The maximum absolute atomic E-state index is 10.7. The first-order valence-corrected chi connectivity index (χ1v) is 3.56. The van der Waals surface area contributed by atoms with Crippen LogP contribution < -0.4 is 5.32 Å². The number of nitrogens with zero attached hydrogens (tertiary/aromatic N) is 1. The van der Waals surface area contributed by atoms with Gasteiger partial charge in [0.1, 0.15) is 5.82 Å². The van der Waals surface area contributed by atoms with Gasteiger partial charge >= 0.3 is 12.6 Å². The number of ether oxygens (including phenoxy) is 1. The third kappa shape index (κ3) is 2.90. The molecule has 5 nitrogen and oxygen atoms in total. The van der Waals surface area contributed by atoms with Gasteiger partial charge in [-0.2, -0.15) is 0 Å². The normalized spacial score (nSPS) is 9.00. The zero-order chi connectivity index (χ0) is 9.68. The number of hydrogen-bond donors (Lipinski definition) is 1. The van der Waals surface area contributed by atoms with Crippen LogP contribution >= 0.6 is 0 Å². The van der Waals surface area contributed by atoms with E-state index in [9.17, 15) is 9.59 Å². The highest BCUT2D eigenvalue weighted by atomic mass is 16.6. The first-order valence-electron chi connectivity index (χ1n) is 3.56. The fourth-order valence-electron chi connectivity index (χ4n) is 0.719. The number of amides is 1. The number of pyridine rings is 1. The second-order valence-corrected chi connectivity index (χ2v) is 2.35. The number of aryl methyl sites for hydroxylation is 1. The summed E-state index contributed by atoms with van der Waals surface area (Å²) >= 11 is 0. The van der Waals surface area contributed by atoms with Gasteiger partial charge in [-0.1, -0.05) is 6.07 Å². The van der Waals surface area contributed by atoms with Crippen molar-refractivity contribution in [2.24, 2.45) is 0 Å². The predicted molar refractivity (Wildman–Crippen MR) is 45.1 cm³/mol. The van der Waals surface area contributed by atoms with Gasteiger partial charge in [-0.15, -0.1) is 0 Å². The van der Waals surface area contributed by atoms with Crippen molar-refractivity contribution in [1.29, 1.82) is 0 Å². The van der Waals surface area contributed by atoms with Crippen LogP contribution in [0.15, 0.2) is 18.3 Å². The molecule has 1 amide bonds. The van der Waals surface area contributed by atoms with E-state index in [2.05, 4.69) is 15.0 Å². The van der Waals surface area contributed by atoms with Crippen molar-refractivity contribution in [2.45, 2.75) is 6.92 Å². The Kier molecular flexibility index (Phi) is 2.97. The molecule has 1 rings (SSSR count). The standard InChI is InChI=1S/C8H8N2O3/c1-6-2-3-7(9-4-6)10-8(12)13-5-11/h2-5H,1H3,(H,9,10,12). The summed E-state index contributed by atoms with van der Waals surface area (Å²) in [5, 5.41) is 2.27. The van der Waals surface area contributed by atoms with Crippen molar-refractivity contribution >= 4 is 18.4 Å². The fraction of sp³-hybridized carbons (Fsp3) is 0.125. The molecule has 1 aromatic heterocycles. The topological polar surface area (TPSA) is 68.3 Å². The van der Waals surface area contributed by atoms with Gasteiger partial charge < -0.3 is 4.74 Å². The Bertz CT molecular complexity index is 308. The van der Waals surface area contributed by atoms with Crippen LogP contribution in [0.5, 0.6) is 0 Å². The molecule has 0 aromatic carbocycles. The van der Waals surface area contributed by atoms with Crippen molar-refractivity contribution in [3.63, 3.8) is 0 Å². The van der Waals surface area contributed by atoms with Gasteiger partial charge in [0.05, 0.1) is 0 Å². The van der Waals surface area contributed by atoms with Crippen LogP contribution in [0.3, 0.4) is 0 Å². The first kappa shape index (κ1) is 9.18.